The summed E-state index contributed by atoms with van der Waals surface area (Å²) >= 11 is 0. The van der Waals surface area contributed by atoms with Gasteiger partial charge in [-0.3, -0.25) is 4.79 Å². The zero-order valence-electron chi connectivity index (χ0n) is 16.8. The zero-order valence-corrected chi connectivity index (χ0v) is 16.8. The van der Waals surface area contributed by atoms with E-state index in [0.29, 0.717) is 17.3 Å². The van der Waals surface area contributed by atoms with Gasteiger partial charge in [-0.2, -0.15) is 0 Å². The second-order valence-corrected chi connectivity index (χ2v) is 9.02. The molecular weight excluding hydrogens is 308 g/mol. The van der Waals surface area contributed by atoms with Crippen molar-refractivity contribution in [2.24, 2.45) is 28.6 Å². The monoisotopic (exact) mass is 344 g/mol. The summed E-state index contributed by atoms with van der Waals surface area (Å²) in [5.41, 5.74) is 3.05. The van der Waals surface area contributed by atoms with Gasteiger partial charge in [0.25, 0.3) is 0 Å². The molecular formula is C23H36O2. The Bertz CT molecular complexity index is 601. The number of hydrogen-bond donors (Lipinski definition) is 1. The first-order valence-corrected chi connectivity index (χ1v) is 10.5. The van der Waals surface area contributed by atoms with Gasteiger partial charge in [0.1, 0.15) is 0 Å². The molecule has 2 heteroatoms. The van der Waals surface area contributed by atoms with Crippen LogP contribution in [0.4, 0.5) is 0 Å². The minimum atomic E-state index is -0.128. The molecule has 6 atom stereocenters. The number of aliphatic hydroxyl groups excluding tert-OH is 1. The van der Waals surface area contributed by atoms with E-state index in [2.05, 4.69) is 26.0 Å². The van der Waals surface area contributed by atoms with Gasteiger partial charge in [-0.15, -0.1) is 0 Å². The molecule has 0 amide bonds. The van der Waals surface area contributed by atoms with E-state index in [1.807, 2.05) is 13.8 Å². The van der Waals surface area contributed by atoms with Gasteiger partial charge in [0.05, 0.1) is 6.10 Å². The van der Waals surface area contributed by atoms with E-state index >= 15 is 0 Å². The maximum atomic E-state index is 12.1. The van der Waals surface area contributed by atoms with Crippen molar-refractivity contribution < 1.29 is 9.90 Å². The minimum Gasteiger partial charge on any atom is -0.393 e. The first-order chi connectivity index (χ1) is 11.9. The lowest BCUT2D eigenvalue weighted by Crippen LogP contribution is -2.50. The van der Waals surface area contributed by atoms with Crippen molar-refractivity contribution in [1.29, 1.82) is 0 Å². The highest BCUT2D eigenvalue weighted by Gasteiger charge is 2.57. The Kier molecular flexibility index (Phi) is 5.05. The number of fused-ring (bicyclic) bond motifs is 5. The van der Waals surface area contributed by atoms with Crippen LogP contribution in [0.2, 0.25) is 0 Å². The fraction of sp³-hybridized carbons (Fsp3) is 0.783. The maximum absolute atomic E-state index is 12.1. The van der Waals surface area contributed by atoms with Crippen molar-refractivity contribution in [2.75, 3.05) is 0 Å². The first kappa shape index (κ1) is 18.9. The van der Waals surface area contributed by atoms with Crippen LogP contribution in [0.3, 0.4) is 0 Å². The second-order valence-electron chi connectivity index (χ2n) is 9.02. The van der Waals surface area contributed by atoms with Gasteiger partial charge in [0.15, 0.2) is 5.78 Å². The molecule has 2 nitrogen and oxygen atoms in total. The second kappa shape index (κ2) is 6.68. The molecule has 0 aromatic rings. The molecule has 0 saturated heterocycles. The van der Waals surface area contributed by atoms with Crippen LogP contribution in [-0.4, -0.2) is 17.0 Å². The van der Waals surface area contributed by atoms with Crippen molar-refractivity contribution >= 4 is 5.78 Å². The largest absolute Gasteiger partial charge is 0.393 e. The van der Waals surface area contributed by atoms with E-state index < -0.39 is 0 Å². The fourth-order valence-electron chi connectivity index (χ4n) is 6.75. The number of carbonyl (C=O) groups excluding carboxylic acids is 1. The van der Waals surface area contributed by atoms with Crippen LogP contribution in [-0.2, 0) is 4.79 Å². The van der Waals surface area contributed by atoms with Crippen molar-refractivity contribution in [3.05, 3.63) is 23.3 Å². The van der Waals surface area contributed by atoms with Crippen LogP contribution in [0, 0.1) is 28.6 Å². The maximum Gasteiger partial charge on any atom is 0.156 e. The molecule has 4 aliphatic rings. The van der Waals surface area contributed by atoms with Gasteiger partial charge in [0, 0.05) is 0 Å². The molecule has 4 rings (SSSR count). The molecule has 2 fully saturated rings. The van der Waals surface area contributed by atoms with Gasteiger partial charge in [0.2, 0.25) is 0 Å². The summed E-state index contributed by atoms with van der Waals surface area (Å²) in [6, 6.07) is 0. The molecule has 140 valence electrons. The Morgan fingerprint density at radius 2 is 1.72 bits per heavy atom. The van der Waals surface area contributed by atoms with Crippen LogP contribution in [0.25, 0.3) is 0 Å². The predicted octanol–water partition coefficient (Wildman–Crippen LogP) is 5.46. The number of carbonyl (C=O) groups is 1. The molecule has 0 aromatic carbocycles. The van der Waals surface area contributed by atoms with Gasteiger partial charge >= 0.3 is 0 Å². The molecule has 1 N–H and O–H groups in total. The summed E-state index contributed by atoms with van der Waals surface area (Å²) in [5.74, 6) is 2.38. The van der Waals surface area contributed by atoms with Gasteiger partial charge < -0.3 is 5.11 Å². The van der Waals surface area contributed by atoms with Crippen LogP contribution >= 0.6 is 0 Å². The van der Waals surface area contributed by atoms with Gasteiger partial charge in [-0.1, -0.05) is 45.4 Å². The van der Waals surface area contributed by atoms with E-state index in [9.17, 15) is 9.90 Å². The third-order valence-corrected chi connectivity index (χ3v) is 8.04. The number of aliphatic hydroxyl groups is 1. The van der Waals surface area contributed by atoms with E-state index in [1.165, 1.54) is 12.0 Å². The molecule has 0 aliphatic heterocycles. The standard InChI is InChI=1S/C21H30O2.C2H6/c1-13(22)17-6-7-18-16-5-4-14-12-15(23)8-10-20(14,2)19(16)9-11-21(17,18)3;1-2/h4,6,15-16,18-19,23H,5,7-12H2,1-3H3;1-2H3/t15?,16?,18?,19?,20-,21+;/m0./s1. The highest BCUT2D eigenvalue weighted by atomic mass is 16.3. The van der Waals surface area contributed by atoms with E-state index in [-0.39, 0.29) is 17.3 Å². The Balaban J connectivity index is 0.000000880. The summed E-state index contributed by atoms with van der Waals surface area (Å²) in [5, 5.41) is 10.1. The van der Waals surface area contributed by atoms with E-state index in [4.69, 9.17) is 0 Å². The highest BCUT2D eigenvalue weighted by Crippen LogP contribution is 2.64. The van der Waals surface area contributed by atoms with E-state index in [0.717, 1.165) is 50.0 Å². The fourth-order valence-corrected chi connectivity index (χ4v) is 6.75. The summed E-state index contributed by atoms with van der Waals surface area (Å²) in [4.78, 5) is 12.1. The van der Waals surface area contributed by atoms with Crippen LogP contribution in [0.1, 0.15) is 79.6 Å². The number of hydrogen-bond acceptors (Lipinski definition) is 2. The molecule has 0 heterocycles. The van der Waals surface area contributed by atoms with Crippen molar-refractivity contribution in [3.63, 3.8) is 0 Å². The van der Waals surface area contributed by atoms with Crippen molar-refractivity contribution in [1.82, 2.24) is 0 Å². The first-order valence-electron chi connectivity index (χ1n) is 10.5. The Morgan fingerprint density at radius 1 is 1.04 bits per heavy atom. The van der Waals surface area contributed by atoms with Crippen LogP contribution in [0.5, 0.6) is 0 Å². The Labute approximate surface area is 153 Å². The SMILES string of the molecule is CC.CC(=O)C1=CCC2C3CC=C4CC(O)CC[C@]4(C)C3CC[C@]12C. The average Bonchev–Trinajstić information content (AvgIpc) is 2.95. The third-order valence-electron chi connectivity index (χ3n) is 8.04. The van der Waals surface area contributed by atoms with Crippen molar-refractivity contribution in [3.8, 4) is 0 Å². The molecule has 0 aromatic heterocycles. The topological polar surface area (TPSA) is 37.3 Å². The quantitative estimate of drug-likeness (QED) is 0.641. The van der Waals surface area contributed by atoms with Crippen molar-refractivity contribution in [2.45, 2.75) is 85.7 Å². The molecule has 0 bridgehead atoms. The Hall–Kier alpha value is -0.890. The summed E-state index contributed by atoms with van der Waals surface area (Å²) in [7, 11) is 0. The Morgan fingerprint density at radius 3 is 2.40 bits per heavy atom. The lowest BCUT2D eigenvalue weighted by molar-refractivity contribution is -0.115. The molecule has 0 radical (unpaired) electrons. The van der Waals surface area contributed by atoms with Crippen LogP contribution in [0.15, 0.2) is 23.3 Å². The predicted molar refractivity (Wildman–Crippen MR) is 103 cm³/mol. The number of Topliss-reactive ketones (excluding diaryl/α,β-unsaturated/α-hetero) is 1. The lowest BCUT2D eigenvalue weighted by atomic mass is 9.47. The number of ketones is 1. The molecule has 2 saturated carbocycles. The van der Waals surface area contributed by atoms with Crippen LogP contribution < -0.4 is 0 Å². The zero-order chi connectivity index (χ0) is 18.4. The number of rotatable bonds is 1. The summed E-state index contributed by atoms with van der Waals surface area (Å²) < 4.78 is 0. The normalized spacial score (nSPS) is 45.0. The minimum absolute atomic E-state index is 0.114. The summed E-state index contributed by atoms with van der Waals surface area (Å²) in [6.45, 7) is 10.5. The molecule has 0 spiro atoms. The average molecular weight is 345 g/mol. The molecule has 4 unspecified atom stereocenters. The van der Waals surface area contributed by atoms with Gasteiger partial charge in [-0.05, 0) is 86.0 Å². The third kappa shape index (κ3) is 2.76. The molecule has 4 aliphatic carbocycles. The highest BCUT2D eigenvalue weighted by molar-refractivity contribution is 5.95. The lowest BCUT2D eigenvalue weighted by Gasteiger charge is -2.57. The number of allylic oxidation sites excluding steroid dienone is 3. The smallest absolute Gasteiger partial charge is 0.156 e. The van der Waals surface area contributed by atoms with E-state index in [1.54, 1.807) is 6.92 Å². The molecule has 25 heavy (non-hydrogen) atoms. The summed E-state index contributed by atoms with van der Waals surface area (Å²) in [6.07, 6.45) is 12.2. The van der Waals surface area contributed by atoms with Gasteiger partial charge in [-0.25, -0.2) is 0 Å².